The lowest BCUT2D eigenvalue weighted by molar-refractivity contribution is -0.327. The number of carbonyl (C=O) groups excluding carboxylic acids is 1. The van der Waals surface area contributed by atoms with Crippen LogP contribution in [0.25, 0.3) is 0 Å². The number of esters is 1. The highest BCUT2D eigenvalue weighted by Crippen LogP contribution is 2.35. The summed E-state index contributed by atoms with van der Waals surface area (Å²) < 4.78 is 21.5. The first-order valence-electron chi connectivity index (χ1n) is 10.1. The predicted molar refractivity (Wildman–Crippen MR) is 111 cm³/mol. The standard InChI is InChI=1S/C20H30O11S/c1-3-10-11(7-14(22)28-5-4-6-32-2)12(18(26)27)9-29-19(10)31-20-17(25)16(24)15(23)13(8-21)30-20/h3,9,11,13,15-17,19-21,23-25H,4-8H2,1-2H3,(H,26,27)/b10-3+/t11-,13+,15+,16-,17+,19-,20-/m0/s1. The number of allylic oxidation sites excluding steroid dienone is 1. The summed E-state index contributed by atoms with van der Waals surface area (Å²) in [4.78, 5) is 24.0. The van der Waals surface area contributed by atoms with E-state index in [1.807, 2.05) is 6.26 Å². The molecule has 0 aromatic rings. The summed E-state index contributed by atoms with van der Waals surface area (Å²) in [6.07, 6.45) is -4.00. The fourth-order valence-electron chi connectivity index (χ4n) is 3.43. The Morgan fingerprint density at radius 2 is 1.94 bits per heavy atom. The topological polar surface area (TPSA) is 172 Å². The lowest BCUT2D eigenvalue weighted by Crippen LogP contribution is -2.60. The molecule has 0 aliphatic carbocycles. The molecule has 182 valence electrons. The zero-order valence-electron chi connectivity index (χ0n) is 17.8. The van der Waals surface area contributed by atoms with Gasteiger partial charge in [-0.25, -0.2) is 4.79 Å². The smallest absolute Gasteiger partial charge is 0.335 e. The van der Waals surface area contributed by atoms with Crippen molar-refractivity contribution in [3.05, 3.63) is 23.5 Å². The first-order valence-corrected chi connectivity index (χ1v) is 11.5. The third-order valence-corrected chi connectivity index (χ3v) is 5.88. The molecule has 0 aromatic carbocycles. The molecule has 0 bridgehead atoms. The quantitative estimate of drug-likeness (QED) is 0.153. The highest BCUT2D eigenvalue weighted by atomic mass is 32.2. The number of carboxylic acid groups (broad SMARTS) is 1. The van der Waals surface area contributed by atoms with Gasteiger partial charge in [0.15, 0.2) is 6.29 Å². The van der Waals surface area contributed by atoms with Crippen LogP contribution in [0, 0.1) is 5.92 Å². The molecule has 0 radical (unpaired) electrons. The van der Waals surface area contributed by atoms with Crippen LogP contribution in [0.3, 0.4) is 0 Å². The van der Waals surface area contributed by atoms with E-state index < -0.39 is 61.5 Å². The van der Waals surface area contributed by atoms with Crippen molar-refractivity contribution in [1.82, 2.24) is 0 Å². The number of carboxylic acids is 1. The molecular weight excluding hydrogens is 448 g/mol. The Balaban J connectivity index is 2.15. The van der Waals surface area contributed by atoms with Gasteiger partial charge in [-0.15, -0.1) is 0 Å². The van der Waals surface area contributed by atoms with Gasteiger partial charge in [-0.1, -0.05) is 6.08 Å². The summed E-state index contributed by atoms with van der Waals surface area (Å²) in [6, 6.07) is 0. The van der Waals surface area contributed by atoms with Crippen molar-refractivity contribution in [2.24, 2.45) is 5.92 Å². The van der Waals surface area contributed by atoms with E-state index in [-0.39, 0.29) is 24.2 Å². The molecule has 32 heavy (non-hydrogen) atoms. The molecule has 0 unspecified atom stereocenters. The van der Waals surface area contributed by atoms with E-state index >= 15 is 0 Å². The minimum absolute atomic E-state index is 0.173. The maximum Gasteiger partial charge on any atom is 0.335 e. The van der Waals surface area contributed by atoms with Crippen molar-refractivity contribution in [2.45, 2.75) is 56.8 Å². The Labute approximate surface area is 189 Å². The lowest BCUT2D eigenvalue weighted by Gasteiger charge is -2.41. The van der Waals surface area contributed by atoms with E-state index in [0.717, 1.165) is 12.0 Å². The molecule has 1 saturated heterocycles. The Bertz CT molecular complexity index is 708. The zero-order valence-corrected chi connectivity index (χ0v) is 18.6. The zero-order chi connectivity index (χ0) is 23.8. The second kappa shape index (κ2) is 12.5. The van der Waals surface area contributed by atoms with Crippen molar-refractivity contribution in [2.75, 3.05) is 25.2 Å². The second-order valence-corrected chi connectivity index (χ2v) is 8.28. The molecule has 2 heterocycles. The maximum absolute atomic E-state index is 12.3. The Morgan fingerprint density at radius 1 is 1.22 bits per heavy atom. The number of thioether (sulfide) groups is 1. The number of carbonyl (C=O) groups is 2. The average molecular weight is 479 g/mol. The number of aliphatic carboxylic acids is 1. The molecule has 0 spiro atoms. The van der Waals surface area contributed by atoms with Gasteiger partial charge in [0.25, 0.3) is 0 Å². The lowest BCUT2D eigenvalue weighted by atomic mass is 9.86. The van der Waals surface area contributed by atoms with Crippen LogP contribution in [0.5, 0.6) is 0 Å². The third kappa shape index (κ3) is 6.44. The van der Waals surface area contributed by atoms with Gasteiger partial charge >= 0.3 is 11.9 Å². The van der Waals surface area contributed by atoms with Crippen LogP contribution in [0.2, 0.25) is 0 Å². The van der Waals surface area contributed by atoms with Gasteiger partial charge in [-0.2, -0.15) is 11.8 Å². The van der Waals surface area contributed by atoms with Crippen LogP contribution in [0.1, 0.15) is 19.8 Å². The number of rotatable bonds is 10. The SMILES string of the molecule is C/C=C1/[C@H](O[C@@H]2O[C@H](CO)[C@@H](O)[C@H](O)[C@H]2O)OC=C(C(=O)O)[C@H]1CC(=O)OCCCSC. The third-order valence-electron chi connectivity index (χ3n) is 5.18. The molecule has 2 rings (SSSR count). The number of aliphatic hydroxyl groups excluding tert-OH is 4. The van der Waals surface area contributed by atoms with E-state index in [1.54, 1.807) is 18.7 Å². The molecule has 2 aliphatic rings. The second-order valence-electron chi connectivity index (χ2n) is 7.29. The predicted octanol–water partition coefficient (Wildman–Crippen LogP) is -0.623. The summed E-state index contributed by atoms with van der Waals surface area (Å²) in [6.45, 7) is 1.18. The summed E-state index contributed by atoms with van der Waals surface area (Å²) >= 11 is 1.61. The van der Waals surface area contributed by atoms with Gasteiger partial charge in [0.2, 0.25) is 6.29 Å². The molecule has 5 N–H and O–H groups in total. The first kappa shape index (κ1) is 26.6. The first-order chi connectivity index (χ1) is 15.2. The van der Waals surface area contributed by atoms with Gasteiger partial charge in [0, 0.05) is 11.5 Å². The molecule has 7 atom stereocenters. The highest BCUT2D eigenvalue weighted by Gasteiger charge is 2.46. The molecule has 12 heteroatoms. The minimum atomic E-state index is -1.67. The van der Waals surface area contributed by atoms with Crippen LogP contribution >= 0.6 is 11.8 Å². The summed E-state index contributed by atoms with van der Waals surface area (Å²) in [7, 11) is 0. The van der Waals surface area contributed by atoms with Crippen LogP contribution < -0.4 is 0 Å². The number of aliphatic hydroxyl groups is 4. The number of ether oxygens (including phenoxy) is 4. The van der Waals surface area contributed by atoms with E-state index in [2.05, 4.69) is 0 Å². The molecule has 2 aliphatic heterocycles. The van der Waals surface area contributed by atoms with Gasteiger partial charge in [0.1, 0.15) is 24.4 Å². The molecule has 0 amide bonds. The summed E-state index contributed by atoms with van der Waals surface area (Å²) in [5.74, 6) is -1.97. The van der Waals surface area contributed by atoms with Gasteiger partial charge in [0.05, 0.1) is 31.5 Å². The fourth-order valence-corrected chi connectivity index (χ4v) is 3.84. The van der Waals surface area contributed by atoms with Crippen LogP contribution in [-0.2, 0) is 28.5 Å². The Kier molecular flexibility index (Phi) is 10.4. The molecule has 11 nitrogen and oxygen atoms in total. The van der Waals surface area contributed by atoms with E-state index in [0.29, 0.717) is 6.42 Å². The van der Waals surface area contributed by atoms with Crippen molar-refractivity contribution < 1.29 is 54.1 Å². The van der Waals surface area contributed by atoms with Gasteiger partial charge in [-0.05, 0) is 25.4 Å². The molecule has 0 saturated carbocycles. The van der Waals surface area contributed by atoms with Crippen molar-refractivity contribution >= 4 is 23.7 Å². The van der Waals surface area contributed by atoms with E-state index in [4.69, 9.17) is 18.9 Å². The summed E-state index contributed by atoms with van der Waals surface area (Å²) in [5.41, 5.74) is 0.107. The van der Waals surface area contributed by atoms with Crippen LogP contribution in [0.15, 0.2) is 23.5 Å². The summed E-state index contributed by atoms with van der Waals surface area (Å²) in [5, 5.41) is 48.9. The van der Waals surface area contributed by atoms with E-state index in [9.17, 15) is 35.1 Å². The fraction of sp³-hybridized carbons (Fsp3) is 0.700. The maximum atomic E-state index is 12.3. The van der Waals surface area contributed by atoms with Gasteiger partial charge < -0.3 is 44.5 Å². The number of hydrogen-bond acceptors (Lipinski definition) is 11. The monoisotopic (exact) mass is 478 g/mol. The van der Waals surface area contributed by atoms with Crippen LogP contribution in [-0.4, -0.2) is 99.7 Å². The molecule has 1 fully saturated rings. The average Bonchev–Trinajstić information content (AvgIpc) is 2.77. The van der Waals surface area contributed by atoms with Crippen LogP contribution in [0.4, 0.5) is 0 Å². The van der Waals surface area contributed by atoms with Crippen molar-refractivity contribution in [3.8, 4) is 0 Å². The Morgan fingerprint density at radius 3 is 2.53 bits per heavy atom. The normalized spacial score (nSPS) is 34.0. The van der Waals surface area contributed by atoms with Crippen molar-refractivity contribution in [1.29, 1.82) is 0 Å². The minimum Gasteiger partial charge on any atom is -0.478 e. The molecule has 0 aromatic heterocycles. The number of hydrogen-bond donors (Lipinski definition) is 5. The Hall–Kier alpha value is -1.67. The molecular formula is C20H30O11S. The van der Waals surface area contributed by atoms with Crippen molar-refractivity contribution in [3.63, 3.8) is 0 Å². The largest absolute Gasteiger partial charge is 0.478 e. The van der Waals surface area contributed by atoms with Gasteiger partial charge in [-0.3, -0.25) is 4.79 Å². The highest BCUT2D eigenvalue weighted by molar-refractivity contribution is 7.98. The van der Waals surface area contributed by atoms with E-state index in [1.165, 1.54) is 6.08 Å².